The number of furan rings is 1. The Labute approximate surface area is 177 Å². The minimum atomic E-state index is -1.07. The van der Waals surface area contributed by atoms with Gasteiger partial charge < -0.3 is 9.52 Å². The Hall–Kier alpha value is -3.85. The highest BCUT2D eigenvalue weighted by Gasteiger charge is 2.46. The molecular weight excluding hydrogens is 426 g/mol. The maximum absolute atomic E-state index is 13.6. The molecule has 9 heteroatoms. The molecule has 0 aliphatic carbocycles. The summed E-state index contributed by atoms with van der Waals surface area (Å²) >= 11 is 1.03. The maximum atomic E-state index is 13.6. The minimum Gasteiger partial charge on any atom is -0.503 e. The van der Waals surface area contributed by atoms with Crippen LogP contribution in [-0.2, 0) is 4.79 Å². The molecule has 0 fully saturated rings. The number of carbonyl (C=O) groups excluding carboxylic acids is 2. The Morgan fingerprint density at radius 2 is 1.84 bits per heavy atom. The van der Waals surface area contributed by atoms with Gasteiger partial charge in [0, 0.05) is 0 Å². The SMILES string of the molecule is O=C(C1=C(O)C(=O)N(c2nc3ccc(F)cc3s2)[C@@H]1c1ccc(F)cc1)c1ccco1. The van der Waals surface area contributed by atoms with Crippen molar-refractivity contribution < 1.29 is 27.9 Å². The lowest BCUT2D eigenvalue weighted by Gasteiger charge is -2.24. The average Bonchev–Trinajstić information content (AvgIpc) is 3.47. The van der Waals surface area contributed by atoms with Crippen LogP contribution in [0.2, 0.25) is 0 Å². The fraction of sp³-hybridized carbons (Fsp3) is 0.0455. The van der Waals surface area contributed by atoms with Gasteiger partial charge in [-0.1, -0.05) is 23.5 Å². The van der Waals surface area contributed by atoms with E-state index in [1.165, 1.54) is 60.9 Å². The normalized spacial score (nSPS) is 16.5. The number of hydrogen-bond acceptors (Lipinski definition) is 6. The number of ketones is 1. The Morgan fingerprint density at radius 1 is 1.10 bits per heavy atom. The van der Waals surface area contributed by atoms with Gasteiger partial charge in [0.15, 0.2) is 16.7 Å². The zero-order valence-corrected chi connectivity index (χ0v) is 16.4. The predicted octanol–water partition coefficient (Wildman–Crippen LogP) is 4.95. The van der Waals surface area contributed by atoms with E-state index in [4.69, 9.17) is 4.42 Å². The number of halogens is 2. The molecule has 0 radical (unpaired) electrons. The molecule has 31 heavy (non-hydrogen) atoms. The van der Waals surface area contributed by atoms with Crippen LogP contribution in [0.3, 0.4) is 0 Å². The fourth-order valence-corrected chi connectivity index (χ4v) is 4.54. The van der Waals surface area contributed by atoms with Crippen LogP contribution in [0.4, 0.5) is 13.9 Å². The average molecular weight is 438 g/mol. The number of aliphatic hydroxyl groups excluding tert-OH is 1. The molecule has 154 valence electrons. The van der Waals surface area contributed by atoms with E-state index in [2.05, 4.69) is 4.98 Å². The Morgan fingerprint density at radius 3 is 2.55 bits per heavy atom. The number of fused-ring (bicyclic) bond motifs is 1. The summed E-state index contributed by atoms with van der Waals surface area (Å²) in [6.45, 7) is 0. The van der Waals surface area contributed by atoms with Crippen LogP contribution in [0.5, 0.6) is 0 Å². The summed E-state index contributed by atoms with van der Waals surface area (Å²) in [6, 6.07) is 11.1. The summed E-state index contributed by atoms with van der Waals surface area (Å²) < 4.78 is 32.8. The molecule has 0 spiro atoms. The Bertz CT molecular complexity index is 1360. The van der Waals surface area contributed by atoms with Gasteiger partial charge >= 0.3 is 0 Å². The molecule has 4 aromatic rings. The summed E-state index contributed by atoms with van der Waals surface area (Å²) in [5.41, 5.74) is 0.633. The number of aromatic nitrogens is 1. The molecule has 3 heterocycles. The summed E-state index contributed by atoms with van der Waals surface area (Å²) in [6.07, 6.45) is 1.30. The fourth-order valence-electron chi connectivity index (χ4n) is 3.52. The zero-order chi connectivity index (χ0) is 21.7. The molecule has 2 aromatic heterocycles. The number of Topliss-reactive ketones (excluding diaryl/α,β-unsaturated/α-hetero) is 1. The van der Waals surface area contributed by atoms with Gasteiger partial charge in [0.1, 0.15) is 11.6 Å². The van der Waals surface area contributed by atoms with Crippen molar-refractivity contribution in [1.29, 1.82) is 0 Å². The van der Waals surface area contributed by atoms with Gasteiger partial charge in [-0.15, -0.1) is 0 Å². The van der Waals surface area contributed by atoms with E-state index in [0.29, 0.717) is 15.8 Å². The third-order valence-electron chi connectivity index (χ3n) is 4.93. The molecule has 6 nitrogen and oxygen atoms in total. The van der Waals surface area contributed by atoms with Crippen molar-refractivity contribution in [1.82, 2.24) is 4.98 Å². The molecule has 1 aliphatic heterocycles. The van der Waals surface area contributed by atoms with Crippen molar-refractivity contribution in [3.8, 4) is 0 Å². The third-order valence-corrected chi connectivity index (χ3v) is 5.95. The number of amides is 1. The topological polar surface area (TPSA) is 83.6 Å². The first-order valence-electron chi connectivity index (χ1n) is 9.10. The largest absolute Gasteiger partial charge is 0.503 e. The van der Waals surface area contributed by atoms with E-state index in [1.54, 1.807) is 0 Å². The molecule has 0 saturated carbocycles. The molecule has 0 bridgehead atoms. The Kier molecular flexibility index (Phi) is 4.40. The first-order chi connectivity index (χ1) is 14.9. The van der Waals surface area contributed by atoms with Gasteiger partial charge in [-0.05, 0) is 48.0 Å². The van der Waals surface area contributed by atoms with Gasteiger partial charge in [0.25, 0.3) is 5.91 Å². The van der Waals surface area contributed by atoms with Crippen LogP contribution in [0.15, 0.2) is 76.6 Å². The maximum Gasteiger partial charge on any atom is 0.296 e. The van der Waals surface area contributed by atoms with Crippen LogP contribution < -0.4 is 4.90 Å². The molecule has 5 rings (SSSR count). The van der Waals surface area contributed by atoms with E-state index in [0.717, 1.165) is 16.2 Å². The second-order valence-electron chi connectivity index (χ2n) is 6.81. The van der Waals surface area contributed by atoms with Crippen LogP contribution in [0.1, 0.15) is 22.2 Å². The molecular formula is C22H12F2N2O4S. The second-order valence-corrected chi connectivity index (χ2v) is 7.82. The van der Waals surface area contributed by atoms with E-state index in [-0.39, 0.29) is 16.5 Å². The lowest BCUT2D eigenvalue weighted by molar-refractivity contribution is -0.117. The molecule has 1 amide bonds. The van der Waals surface area contributed by atoms with Gasteiger partial charge in [-0.2, -0.15) is 0 Å². The first-order valence-corrected chi connectivity index (χ1v) is 9.92. The van der Waals surface area contributed by atoms with Gasteiger partial charge in [-0.3, -0.25) is 14.5 Å². The number of rotatable bonds is 4. The van der Waals surface area contributed by atoms with Gasteiger partial charge in [0.2, 0.25) is 5.78 Å². The zero-order valence-electron chi connectivity index (χ0n) is 15.6. The number of benzene rings is 2. The summed E-state index contributed by atoms with van der Waals surface area (Å²) in [7, 11) is 0. The summed E-state index contributed by atoms with van der Waals surface area (Å²) in [5, 5.41) is 10.8. The quantitative estimate of drug-likeness (QED) is 0.456. The lowest BCUT2D eigenvalue weighted by Crippen LogP contribution is -2.30. The summed E-state index contributed by atoms with van der Waals surface area (Å²) in [4.78, 5) is 31.7. The first kappa shape index (κ1) is 19.1. The standard InChI is InChI=1S/C22H12F2N2O4S/c23-12-5-3-11(4-6-12)18-17(19(27)15-2-1-9-30-15)20(28)21(29)26(18)22-25-14-8-7-13(24)10-16(14)31-22/h1-10,18,28H/t18-/m1/s1. The van der Waals surface area contributed by atoms with Crippen molar-refractivity contribution in [2.24, 2.45) is 0 Å². The van der Waals surface area contributed by atoms with Crippen LogP contribution >= 0.6 is 11.3 Å². The number of carbonyl (C=O) groups is 2. The molecule has 0 unspecified atom stereocenters. The number of aliphatic hydroxyl groups is 1. The van der Waals surface area contributed by atoms with Crippen molar-refractivity contribution >= 4 is 38.4 Å². The third kappa shape index (κ3) is 3.10. The molecule has 2 aromatic carbocycles. The molecule has 1 aliphatic rings. The van der Waals surface area contributed by atoms with Crippen molar-refractivity contribution in [3.63, 3.8) is 0 Å². The lowest BCUT2D eigenvalue weighted by atomic mass is 9.95. The molecule has 1 N–H and O–H groups in total. The number of hydrogen-bond donors (Lipinski definition) is 1. The minimum absolute atomic E-state index is 0.0605. The van der Waals surface area contributed by atoms with E-state index < -0.39 is 35.1 Å². The smallest absolute Gasteiger partial charge is 0.296 e. The van der Waals surface area contributed by atoms with Crippen LogP contribution in [0, 0.1) is 11.6 Å². The number of anilines is 1. The summed E-state index contributed by atoms with van der Waals surface area (Å²) in [5.74, 6) is -3.29. The van der Waals surface area contributed by atoms with Gasteiger partial charge in [-0.25, -0.2) is 13.8 Å². The van der Waals surface area contributed by atoms with Crippen LogP contribution in [-0.4, -0.2) is 21.8 Å². The molecule has 1 atom stereocenters. The van der Waals surface area contributed by atoms with Gasteiger partial charge in [0.05, 0.1) is 28.1 Å². The second kappa shape index (κ2) is 7.13. The highest BCUT2D eigenvalue weighted by molar-refractivity contribution is 7.22. The predicted molar refractivity (Wildman–Crippen MR) is 109 cm³/mol. The van der Waals surface area contributed by atoms with Crippen molar-refractivity contribution in [3.05, 3.63) is 95.2 Å². The monoisotopic (exact) mass is 438 g/mol. The van der Waals surface area contributed by atoms with Crippen molar-refractivity contribution in [2.45, 2.75) is 6.04 Å². The highest BCUT2D eigenvalue weighted by Crippen LogP contribution is 2.44. The van der Waals surface area contributed by atoms with E-state index in [1.807, 2.05) is 0 Å². The Balaban J connectivity index is 1.68. The molecule has 0 saturated heterocycles. The van der Waals surface area contributed by atoms with Crippen molar-refractivity contribution in [2.75, 3.05) is 4.90 Å². The number of nitrogens with zero attached hydrogens (tertiary/aromatic N) is 2. The van der Waals surface area contributed by atoms with Crippen LogP contribution in [0.25, 0.3) is 10.2 Å². The van der Waals surface area contributed by atoms with E-state index in [9.17, 15) is 23.5 Å². The number of thiazole rings is 1. The van der Waals surface area contributed by atoms with E-state index >= 15 is 0 Å². The highest BCUT2D eigenvalue weighted by atomic mass is 32.1.